The van der Waals surface area contributed by atoms with Crippen LogP contribution in [0.15, 0.2) is 0 Å². The van der Waals surface area contributed by atoms with E-state index >= 15 is 0 Å². The van der Waals surface area contributed by atoms with Gasteiger partial charge in [-0.25, -0.2) is 0 Å². The molecule has 2 heterocycles. The molecule has 0 spiro atoms. The maximum Gasteiger partial charge on any atom is 0.324 e. The van der Waals surface area contributed by atoms with Crippen molar-refractivity contribution in [3.63, 3.8) is 0 Å². The highest BCUT2D eigenvalue weighted by molar-refractivity contribution is 5.79. The Morgan fingerprint density at radius 2 is 1.94 bits per heavy atom. The van der Waals surface area contributed by atoms with Crippen molar-refractivity contribution in [2.45, 2.75) is 57.2 Å². The van der Waals surface area contributed by atoms with Crippen LogP contribution in [-0.2, 0) is 4.79 Å². The Bertz CT molecular complexity index is 290. The van der Waals surface area contributed by atoms with Crippen molar-refractivity contribution < 1.29 is 9.90 Å². The molecule has 2 N–H and O–H groups in total. The molecule has 0 radical (unpaired) electrons. The molecule has 0 aromatic rings. The summed E-state index contributed by atoms with van der Waals surface area (Å²) in [5, 5.41) is 12.9. The van der Waals surface area contributed by atoms with Crippen LogP contribution in [0.25, 0.3) is 0 Å². The number of nitrogens with zero attached hydrogens (tertiary/aromatic N) is 1. The number of fused-ring (bicyclic) bond motifs is 2. The SMILES string of the molecule is CC(C)CNC1(C(=O)O)CC2CCC(C1)N2C. The fourth-order valence-electron chi connectivity index (χ4n) is 3.26. The Labute approximate surface area is 103 Å². The van der Waals surface area contributed by atoms with Gasteiger partial charge in [0, 0.05) is 12.1 Å². The van der Waals surface area contributed by atoms with Crippen molar-refractivity contribution in [3.05, 3.63) is 0 Å². The van der Waals surface area contributed by atoms with Gasteiger partial charge in [0.15, 0.2) is 0 Å². The number of piperidine rings is 1. The first-order valence-corrected chi connectivity index (χ1v) is 6.65. The lowest BCUT2D eigenvalue weighted by atomic mass is 9.82. The number of hydrogen-bond acceptors (Lipinski definition) is 3. The molecule has 0 aromatic carbocycles. The van der Waals surface area contributed by atoms with Gasteiger partial charge in [0.1, 0.15) is 5.54 Å². The summed E-state index contributed by atoms with van der Waals surface area (Å²) in [5.41, 5.74) is -0.678. The number of carboxylic acids is 1. The van der Waals surface area contributed by atoms with Crippen molar-refractivity contribution in [3.8, 4) is 0 Å². The lowest BCUT2D eigenvalue weighted by Gasteiger charge is -2.43. The highest BCUT2D eigenvalue weighted by atomic mass is 16.4. The Morgan fingerprint density at radius 1 is 1.41 bits per heavy atom. The summed E-state index contributed by atoms with van der Waals surface area (Å²) < 4.78 is 0. The van der Waals surface area contributed by atoms with Gasteiger partial charge in [0.25, 0.3) is 0 Å². The summed E-state index contributed by atoms with van der Waals surface area (Å²) in [6.07, 6.45) is 3.81. The van der Waals surface area contributed by atoms with Crippen molar-refractivity contribution in [2.24, 2.45) is 5.92 Å². The normalized spacial score (nSPS) is 37.6. The second kappa shape index (κ2) is 4.58. The van der Waals surface area contributed by atoms with Gasteiger partial charge in [-0.05, 0) is 45.2 Å². The zero-order chi connectivity index (χ0) is 12.6. The van der Waals surface area contributed by atoms with Crippen LogP contribution in [0.2, 0.25) is 0 Å². The van der Waals surface area contributed by atoms with E-state index in [-0.39, 0.29) is 0 Å². The molecule has 0 aliphatic carbocycles. The maximum absolute atomic E-state index is 11.6. The summed E-state index contributed by atoms with van der Waals surface area (Å²) in [7, 11) is 2.14. The molecule has 17 heavy (non-hydrogen) atoms. The Kier molecular flexibility index (Phi) is 3.46. The van der Waals surface area contributed by atoms with Gasteiger partial charge in [-0.2, -0.15) is 0 Å². The largest absolute Gasteiger partial charge is 0.480 e. The minimum Gasteiger partial charge on any atom is -0.480 e. The Balaban J connectivity index is 2.11. The molecule has 0 aromatic heterocycles. The zero-order valence-corrected chi connectivity index (χ0v) is 11.1. The summed E-state index contributed by atoms with van der Waals surface area (Å²) in [4.78, 5) is 14.0. The predicted octanol–water partition coefficient (Wildman–Crippen LogP) is 1.31. The fourth-order valence-corrected chi connectivity index (χ4v) is 3.26. The van der Waals surface area contributed by atoms with Crippen LogP contribution >= 0.6 is 0 Å². The molecule has 4 heteroatoms. The quantitative estimate of drug-likeness (QED) is 0.778. The molecule has 4 nitrogen and oxygen atoms in total. The van der Waals surface area contributed by atoms with Crippen LogP contribution < -0.4 is 5.32 Å². The number of rotatable bonds is 4. The first kappa shape index (κ1) is 12.8. The summed E-state index contributed by atoms with van der Waals surface area (Å²) in [6, 6.07) is 0.897. The first-order valence-electron chi connectivity index (χ1n) is 6.65. The lowest BCUT2D eigenvalue weighted by molar-refractivity contribution is -0.148. The van der Waals surface area contributed by atoms with Gasteiger partial charge in [0.2, 0.25) is 0 Å². The van der Waals surface area contributed by atoms with Crippen LogP contribution in [0, 0.1) is 5.92 Å². The van der Waals surface area contributed by atoms with Crippen LogP contribution in [-0.4, -0.2) is 47.2 Å². The van der Waals surface area contributed by atoms with E-state index in [1.165, 1.54) is 0 Å². The molecule has 2 unspecified atom stereocenters. The van der Waals surface area contributed by atoms with Crippen LogP contribution in [0.4, 0.5) is 0 Å². The monoisotopic (exact) mass is 240 g/mol. The van der Waals surface area contributed by atoms with Gasteiger partial charge in [0.05, 0.1) is 0 Å². The first-order chi connectivity index (χ1) is 7.94. The number of carboxylic acid groups (broad SMARTS) is 1. The molecule has 98 valence electrons. The molecule has 0 saturated carbocycles. The highest BCUT2D eigenvalue weighted by Crippen LogP contribution is 2.39. The van der Waals surface area contributed by atoms with Gasteiger partial charge >= 0.3 is 5.97 Å². The van der Waals surface area contributed by atoms with Gasteiger partial charge in [-0.3, -0.25) is 4.79 Å². The second-order valence-corrected chi connectivity index (χ2v) is 6.12. The molecule has 2 rings (SSSR count). The average molecular weight is 240 g/mol. The van der Waals surface area contributed by atoms with E-state index in [4.69, 9.17) is 0 Å². The molecular weight excluding hydrogens is 216 g/mol. The lowest BCUT2D eigenvalue weighted by Crippen LogP contribution is -2.61. The van der Waals surface area contributed by atoms with Gasteiger partial charge < -0.3 is 15.3 Å². The van der Waals surface area contributed by atoms with E-state index in [1.807, 2.05) is 0 Å². The van der Waals surface area contributed by atoms with Crippen molar-refractivity contribution in [2.75, 3.05) is 13.6 Å². The van der Waals surface area contributed by atoms with Crippen molar-refractivity contribution >= 4 is 5.97 Å². The standard InChI is InChI=1S/C13H24N2O2/c1-9(2)8-14-13(12(16)17)6-10-4-5-11(7-13)15(10)3/h9-11,14H,4-8H2,1-3H3,(H,16,17). The third-order valence-electron chi connectivity index (χ3n) is 4.41. The smallest absolute Gasteiger partial charge is 0.324 e. The van der Waals surface area contributed by atoms with Gasteiger partial charge in [-0.15, -0.1) is 0 Å². The molecule has 2 aliphatic rings. The Morgan fingerprint density at radius 3 is 2.35 bits per heavy atom. The topological polar surface area (TPSA) is 52.6 Å². The minimum absolute atomic E-state index is 0.449. The summed E-state index contributed by atoms with van der Waals surface area (Å²) >= 11 is 0. The molecular formula is C13H24N2O2. The highest BCUT2D eigenvalue weighted by Gasteiger charge is 2.50. The number of aliphatic carboxylic acids is 1. The molecule has 2 atom stereocenters. The van der Waals surface area contributed by atoms with Crippen LogP contribution in [0.5, 0.6) is 0 Å². The van der Waals surface area contributed by atoms with E-state index in [0.717, 1.165) is 32.2 Å². The van der Waals surface area contributed by atoms with E-state index in [2.05, 4.69) is 31.1 Å². The van der Waals surface area contributed by atoms with Crippen molar-refractivity contribution in [1.29, 1.82) is 0 Å². The minimum atomic E-state index is -0.678. The van der Waals surface area contributed by atoms with E-state index in [1.54, 1.807) is 0 Å². The number of carbonyl (C=O) groups is 1. The fraction of sp³-hybridized carbons (Fsp3) is 0.923. The molecule has 2 saturated heterocycles. The van der Waals surface area contributed by atoms with Crippen molar-refractivity contribution in [1.82, 2.24) is 10.2 Å². The van der Waals surface area contributed by atoms with Crippen LogP contribution in [0.3, 0.4) is 0 Å². The number of hydrogen-bond donors (Lipinski definition) is 2. The third kappa shape index (κ3) is 2.33. The number of nitrogens with one attached hydrogen (secondary N) is 1. The predicted molar refractivity (Wildman–Crippen MR) is 67.0 cm³/mol. The van der Waals surface area contributed by atoms with E-state index in [9.17, 15) is 9.90 Å². The van der Waals surface area contributed by atoms with E-state index in [0.29, 0.717) is 18.0 Å². The second-order valence-electron chi connectivity index (χ2n) is 6.12. The summed E-state index contributed by atoms with van der Waals surface area (Å²) in [5.74, 6) is -0.174. The molecule has 0 amide bonds. The molecule has 2 bridgehead atoms. The summed E-state index contributed by atoms with van der Waals surface area (Å²) in [6.45, 7) is 5.02. The third-order valence-corrected chi connectivity index (χ3v) is 4.41. The Hall–Kier alpha value is -0.610. The molecule has 2 fully saturated rings. The zero-order valence-electron chi connectivity index (χ0n) is 11.1. The van der Waals surface area contributed by atoms with Crippen LogP contribution in [0.1, 0.15) is 39.5 Å². The maximum atomic E-state index is 11.6. The van der Waals surface area contributed by atoms with Gasteiger partial charge in [-0.1, -0.05) is 13.8 Å². The molecule has 2 aliphatic heterocycles. The van der Waals surface area contributed by atoms with E-state index < -0.39 is 11.5 Å². The average Bonchev–Trinajstić information content (AvgIpc) is 2.52.